The average molecular weight is 494 g/mol. The van der Waals surface area contributed by atoms with Crippen LogP contribution in [-0.2, 0) is 23.9 Å². The maximum atomic E-state index is 14.0. The van der Waals surface area contributed by atoms with Crippen LogP contribution in [0.25, 0.3) is 0 Å². The fraction of sp³-hybridized carbons (Fsp3) is 0.792. The summed E-state index contributed by atoms with van der Waals surface area (Å²) in [7, 11) is 3.50. The minimum atomic E-state index is -1.06. The Morgan fingerprint density at radius 3 is 2.40 bits per heavy atom. The molecule has 0 aliphatic carbocycles. The number of carbonyl (C=O) groups is 4. The van der Waals surface area contributed by atoms with Crippen LogP contribution in [0.4, 0.5) is 4.79 Å². The Labute approximate surface area is 207 Å². The molecular weight excluding hydrogens is 454 g/mol. The fourth-order valence-electron chi connectivity index (χ4n) is 5.41. The van der Waals surface area contributed by atoms with Gasteiger partial charge in [0.1, 0.15) is 29.5 Å². The molecule has 4 amide bonds. The molecule has 196 valence electrons. The lowest BCUT2D eigenvalue weighted by molar-refractivity contribution is -0.179. The molecule has 3 rings (SSSR count). The molecule has 0 saturated carbocycles. The first kappa shape index (κ1) is 26.9. The van der Waals surface area contributed by atoms with E-state index in [1.165, 1.54) is 16.1 Å². The Hall–Kier alpha value is -2.69. The van der Waals surface area contributed by atoms with E-state index >= 15 is 0 Å². The lowest BCUT2D eigenvalue weighted by Gasteiger charge is -2.56. The number of rotatable bonds is 4. The van der Waals surface area contributed by atoms with Crippen LogP contribution < -0.4 is 0 Å². The van der Waals surface area contributed by atoms with E-state index in [1.54, 1.807) is 65.4 Å². The molecule has 0 aromatic carbocycles. The van der Waals surface area contributed by atoms with E-state index in [9.17, 15) is 19.2 Å². The zero-order chi connectivity index (χ0) is 26.5. The van der Waals surface area contributed by atoms with Gasteiger partial charge in [0.2, 0.25) is 5.91 Å². The lowest BCUT2D eigenvalue weighted by Crippen LogP contribution is -2.79. The zero-order valence-electron chi connectivity index (χ0n) is 22.3. The van der Waals surface area contributed by atoms with Crippen LogP contribution >= 0.6 is 0 Å². The van der Waals surface area contributed by atoms with Gasteiger partial charge in [0.05, 0.1) is 18.5 Å². The monoisotopic (exact) mass is 493 g/mol. The van der Waals surface area contributed by atoms with Gasteiger partial charge in [-0.2, -0.15) is 0 Å². The number of amides is 4. The van der Waals surface area contributed by atoms with Crippen LogP contribution in [0.15, 0.2) is 4.99 Å². The van der Waals surface area contributed by atoms with Crippen molar-refractivity contribution >= 4 is 30.2 Å². The number of hydrogen-bond donors (Lipinski definition) is 0. The first-order valence-electron chi connectivity index (χ1n) is 12.1. The highest BCUT2D eigenvalue weighted by atomic mass is 16.6. The van der Waals surface area contributed by atoms with Crippen LogP contribution in [0.5, 0.6) is 0 Å². The SMILES string of the molecule is CC1N(CC(=O)/N=C/N(C)C)C(=O)C12CCCN2C(=O)[C@@H]1[C@@H](C)OC(C)(C)N1C(=O)OC(C)(C)C. The molecule has 2 unspecified atom stereocenters. The molecule has 0 aromatic rings. The number of likely N-dealkylation sites (tertiary alicyclic amines) is 2. The van der Waals surface area contributed by atoms with Gasteiger partial charge >= 0.3 is 6.09 Å². The maximum absolute atomic E-state index is 14.0. The van der Waals surface area contributed by atoms with Gasteiger partial charge in [0.25, 0.3) is 11.8 Å². The predicted molar refractivity (Wildman–Crippen MR) is 129 cm³/mol. The summed E-state index contributed by atoms with van der Waals surface area (Å²) in [6.07, 6.45) is 1.32. The smallest absolute Gasteiger partial charge is 0.413 e. The molecule has 0 aromatic heterocycles. The molecule has 3 aliphatic rings. The van der Waals surface area contributed by atoms with Gasteiger partial charge in [-0.3, -0.25) is 19.3 Å². The van der Waals surface area contributed by atoms with Gasteiger partial charge in [-0.15, -0.1) is 0 Å². The van der Waals surface area contributed by atoms with Gasteiger partial charge in [-0.25, -0.2) is 9.79 Å². The van der Waals surface area contributed by atoms with E-state index in [1.807, 2.05) is 6.92 Å². The van der Waals surface area contributed by atoms with Gasteiger partial charge < -0.3 is 24.2 Å². The minimum absolute atomic E-state index is 0.145. The average Bonchev–Trinajstić information content (AvgIpc) is 3.27. The zero-order valence-corrected chi connectivity index (χ0v) is 22.3. The molecule has 1 spiro atoms. The Morgan fingerprint density at radius 2 is 1.86 bits per heavy atom. The minimum Gasteiger partial charge on any atom is -0.444 e. The van der Waals surface area contributed by atoms with Crippen molar-refractivity contribution in [2.75, 3.05) is 27.2 Å². The molecule has 4 atom stereocenters. The lowest BCUT2D eigenvalue weighted by atomic mass is 9.77. The number of ether oxygens (including phenoxy) is 2. The number of carbonyl (C=O) groups excluding carboxylic acids is 4. The second-order valence-corrected chi connectivity index (χ2v) is 11.3. The van der Waals surface area contributed by atoms with Crippen molar-refractivity contribution in [3.8, 4) is 0 Å². The van der Waals surface area contributed by atoms with Gasteiger partial charge in [-0.05, 0) is 61.3 Å². The van der Waals surface area contributed by atoms with Crippen molar-refractivity contribution in [3.05, 3.63) is 0 Å². The number of β-lactam (4-membered cyclic amide) rings is 1. The van der Waals surface area contributed by atoms with E-state index in [0.29, 0.717) is 19.4 Å². The van der Waals surface area contributed by atoms with Crippen LogP contribution in [0.2, 0.25) is 0 Å². The Balaban J connectivity index is 1.84. The van der Waals surface area contributed by atoms with Gasteiger partial charge in [-0.1, -0.05) is 0 Å². The number of hydrogen-bond acceptors (Lipinski definition) is 6. The molecular formula is C24H39N5O6. The van der Waals surface area contributed by atoms with E-state index in [0.717, 1.165) is 0 Å². The molecule has 3 heterocycles. The van der Waals surface area contributed by atoms with Crippen LogP contribution in [0.3, 0.4) is 0 Å². The van der Waals surface area contributed by atoms with Crippen molar-refractivity contribution in [2.45, 2.75) is 96.4 Å². The number of nitrogens with zero attached hydrogens (tertiary/aromatic N) is 5. The van der Waals surface area contributed by atoms with E-state index in [-0.39, 0.29) is 24.4 Å². The molecule has 0 bridgehead atoms. The van der Waals surface area contributed by atoms with E-state index in [2.05, 4.69) is 4.99 Å². The molecule has 11 nitrogen and oxygen atoms in total. The van der Waals surface area contributed by atoms with Gasteiger partial charge in [0.15, 0.2) is 0 Å². The highest BCUT2D eigenvalue weighted by molar-refractivity contribution is 6.02. The van der Waals surface area contributed by atoms with Crippen molar-refractivity contribution in [1.82, 2.24) is 19.6 Å². The maximum Gasteiger partial charge on any atom is 0.413 e. The largest absolute Gasteiger partial charge is 0.444 e. The second kappa shape index (κ2) is 9.07. The highest BCUT2D eigenvalue weighted by Gasteiger charge is 2.67. The Morgan fingerprint density at radius 1 is 1.23 bits per heavy atom. The summed E-state index contributed by atoms with van der Waals surface area (Å²) in [6, 6.07) is -1.30. The first-order chi connectivity index (χ1) is 16.0. The molecule has 3 saturated heterocycles. The Kier molecular flexibility index (Phi) is 6.97. The molecule has 11 heteroatoms. The molecule has 3 aliphatic heterocycles. The van der Waals surface area contributed by atoms with Gasteiger partial charge in [0, 0.05) is 20.6 Å². The third-order valence-corrected chi connectivity index (χ3v) is 6.84. The molecule has 3 fully saturated rings. The summed E-state index contributed by atoms with van der Waals surface area (Å²) < 4.78 is 11.6. The third-order valence-electron chi connectivity index (χ3n) is 6.84. The quantitative estimate of drug-likeness (QED) is 0.331. The summed E-state index contributed by atoms with van der Waals surface area (Å²) in [5.41, 5.74) is -2.84. The van der Waals surface area contributed by atoms with Crippen molar-refractivity contribution < 1.29 is 28.7 Å². The third kappa shape index (κ3) is 4.74. The molecule has 35 heavy (non-hydrogen) atoms. The highest BCUT2D eigenvalue weighted by Crippen LogP contribution is 2.46. The first-order valence-corrected chi connectivity index (χ1v) is 12.1. The van der Waals surface area contributed by atoms with Crippen LogP contribution in [0.1, 0.15) is 61.3 Å². The van der Waals surface area contributed by atoms with Crippen molar-refractivity contribution in [1.29, 1.82) is 0 Å². The normalized spacial score (nSPS) is 30.3. The predicted octanol–water partition coefficient (Wildman–Crippen LogP) is 1.46. The van der Waals surface area contributed by atoms with Crippen molar-refractivity contribution in [2.24, 2.45) is 4.99 Å². The fourth-order valence-corrected chi connectivity index (χ4v) is 5.41. The standard InChI is InChI=1S/C24H39N5O6/c1-15-18(29(23(6,7)34-15)21(33)35-22(3,4)5)19(31)28-12-10-11-24(28)16(2)27(20(24)32)13-17(30)25-14-26(8)9/h14-16,18H,10-13H2,1-9H3/b25-14+/t15-,16?,18+,24?/m1/s1. The molecule has 0 N–H and O–H groups in total. The van der Waals surface area contributed by atoms with E-state index < -0.39 is 41.0 Å². The summed E-state index contributed by atoms with van der Waals surface area (Å²) in [4.78, 5) is 62.6. The molecule has 0 radical (unpaired) electrons. The van der Waals surface area contributed by atoms with E-state index in [4.69, 9.17) is 9.47 Å². The topological polar surface area (TPSA) is 112 Å². The van der Waals surface area contributed by atoms with Crippen LogP contribution in [-0.4, -0.2) is 112 Å². The van der Waals surface area contributed by atoms with Crippen molar-refractivity contribution in [3.63, 3.8) is 0 Å². The summed E-state index contributed by atoms with van der Waals surface area (Å²) in [6.45, 7) is 12.6. The summed E-state index contributed by atoms with van der Waals surface area (Å²) in [5.74, 6) is -1.04. The Bertz CT molecular complexity index is 926. The number of aliphatic imine (C=N–C) groups is 1. The second-order valence-electron chi connectivity index (χ2n) is 11.3. The van der Waals surface area contributed by atoms with Crippen LogP contribution in [0, 0.1) is 0 Å². The summed E-state index contributed by atoms with van der Waals surface area (Å²) >= 11 is 0. The summed E-state index contributed by atoms with van der Waals surface area (Å²) in [5, 5.41) is 0.